The minimum Gasteiger partial charge on any atom is -0.490 e. The second kappa shape index (κ2) is 5.40. The molecule has 0 aliphatic heterocycles. The first-order valence-corrected chi connectivity index (χ1v) is 5.59. The fourth-order valence-electron chi connectivity index (χ4n) is 1.49. The molecule has 1 aromatic heterocycles. The van der Waals surface area contributed by atoms with Gasteiger partial charge in [-0.1, -0.05) is 43.7 Å². The lowest BCUT2D eigenvalue weighted by atomic mass is 10.1. The normalized spacial score (nSPS) is 10.3. The summed E-state index contributed by atoms with van der Waals surface area (Å²) in [4.78, 5) is 0. The van der Waals surface area contributed by atoms with Gasteiger partial charge in [-0.15, -0.1) is 0 Å². The van der Waals surface area contributed by atoms with Crippen molar-refractivity contribution in [2.45, 2.75) is 19.8 Å². The highest BCUT2D eigenvalue weighted by molar-refractivity contribution is 5.68. The summed E-state index contributed by atoms with van der Waals surface area (Å²) in [6.45, 7) is 2.87. The van der Waals surface area contributed by atoms with Gasteiger partial charge >= 0.3 is 0 Å². The van der Waals surface area contributed by atoms with Crippen LogP contribution in [0.15, 0.2) is 41.0 Å². The molecule has 0 saturated carbocycles. The topological polar surface area (TPSA) is 22.4 Å². The molecule has 0 fully saturated rings. The van der Waals surface area contributed by atoms with E-state index in [2.05, 4.69) is 13.2 Å². The molecule has 16 heavy (non-hydrogen) atoms. The third kappa shape index (κ3) is 2.45. The molecule has 0 aliphatic rings. The molecule has 0 unspecified atom stereocenters. The summed E-state index contributed by atoms with van der Waals surface area (Å²) in [6.07, 6.45) is 6.64. The van der Waals surface area contributed by atoms with Gasteiger partial charge in [-0.05, 0) is 12.0 Å². The maximum atomic E-state index is 5.65. The van der Waals surface area contributed by atoms with Crippen LogP contribution in [0.5, 0.6) is 5.75 Å². The van der Waals surface area contributed by atoms with Crippen LogP contribution in [0.25, 0.3) is 11.1 Å². The lowest BCUT2D eigenvalue weighted by Crippen LogP contribution is -1.96. The Morgan fingerprint density at radius 3 is 2.81 bits per heavy atom. The number of benzene rings is 1. The van der Waals surface area contributed by atoms with Crippen molar-refractivity contribution in [2.75, 3.05) is 6.61 Å². The first kappa shape index (κ1) is 10.8. The Hall–Kier alpha value is -1.70. The first-order valence-electron chi connectivity index (χ1n) is 5.59. The van der Waals surface area contributed by atoms with Gasteiger partial charge in [0.2, 0.25) is 0 Å². The van der Waals surface area contributed by atoms with Crippen molar-refractivity contribution in [3.63, 3.8) is 0 Å². The molecule has 1 aromatic carbocycles. The average molecular weight is 215 g/mol. The van der Waals surface area contributed by atoms with Crippen molar-refractivity contribution >= 4 is 0 Å². The summed E-state index contributed by atoms with van der Waals surface area (Å²) < 4.78 is 10.7. The van der Waals surface area contributed by atoms with Gasteiger partial charge in [0.25, 0.3) is 0 Å². The molecule has 0 saturated heterocycles. The lowest BCUT2D eigenvalue weighted by molar-refractivity contribution is 0.306. The van der Waals surface area contributed by atoms with Gasteiger partial charge in [-0.3, -0.25) is 0 Å². The maximum Gasteiger partial charge on any atom is 0.181 e. The fourth-order valence-corrected chi connectivity index (χ4v) is 1.49. The van der Waals surface area contributed by atoms with E-state index in [1.54, 1.807) is 6.26 Å². The van der Waals surface area contributed by atoms with Crippen molar-refractivity contribution in [3.8, 4) is 16.9 Å². The molecule has 2 rings (SSSR count). The third-order valence-corrected chi connectivity index (χ3v) is 2.39. The molecule has 0 amide bonds. The highest BCUT2D eigenvalue weighted by atomic mass is 16.5. The molecule has 2 nitrogen and oxygen atoms in total. The maximum absolute atomic E-state index is 5.65. The number of unbranched alkanes of at least 4 members (excludes halogenated alkanes) is 1. The standard InChI is InChI=1S/C14H15O2/c1-2-3-9-16-14-11-15-10-13(14)12-7-5-4-6-8-12/h4-8,11H,2-3,9H2,1H3. The van der Waals surface area contributed by atoms with Crippen LogP contribution in [0.4, 0.5) is 0 Å². The van der Waals surface area contributed by atoms with Gasteiger partial charge < -0.3 is 9.15 Å². The van der Waals surface area contributed by atoms with Crippen molar-refractivity contribution in [1.29, 1.82) is 0 Å². The van der Waals surface area contributed by atoms with E-state index in [0.717, 1.165) is 36.3 Å². The van der Waals surface area contributed by atoms with E-state index >= 15 is 0 Å². The molecular formula is C14H15O2. The zero-order valence-corrected chi connectivity index (χ0v) is 9.40. The monoisotopic (exact) mass is 215 g/mol. The molecule has 0 atom stereocenters. The molecule has 0 spiro atoms. The zero-order chi connectivity index (χ0) is 11.2. The molecule has 0 aliphatic carbocycles. The van der Waals surface area contributed by atoms with Crippen LogP contribution in [0.2, 0.25) is 0 Å². The number of ether oxygens (including phenoxy) is 1. The zero-order valence-electron chi connectivity index (χ0n) is 9.40. The highest BCUT2D eigenvalue weighted by Crippen LogP contribution is 2.30. The Morgan fingerprint density at radius 2 is 2.06 bits per heavy atom. The predicted molar refractivity (Wildman–Crippen MR) is 63.4 cm³/mol. The Bertz CT molecular complexity index is 417. The first-order chi connectivity index (χ1) is 7.92. The highest BCUT2D eigenvalue weighted by Gasteiger charge is 2.09. The minimum atomic E-state index is 0.726. The van der Waals surface area contributed by atoms with E-state index in [0.29, 0.717) is 0 Å². The van der Waals surface area contributed by atoms with E-state index < -0.39 is 0 Å². The summed E-state index contributed by atoms with van der Waals surface area (Å²) in [6, 6.07) is 10.0. The predicted octanol–water partition coefficient (Wildman–Crippen LogP) is 3.93. The van der Waals surface area contributed by atoms with Gasteiger partial charge in [0.05, 0.1) is 12.2 Å². The van der Waals surface area contributed by atoms with E-state index in [4.69, 9.17) is 9.15 Å². The van der Waals surface area contributed by atoms with Crippen LogP contribution >= 0.6 is 0 Å². The van der Waals surface area contributed by atoms with Crippen molar-refractivity contribution in [3.05, 3.63) is 42.9 Å². The molecule has 1 radical (unpaired) electrons. The van der Waals surface area contributed by atoms with Crippen LogP contribution in [0, 0.1) is 6.26 Å². The van der Waals surface area contributed by atoms with Crippen LogP contribution in [0.3, 0.4) is 0 Å². The number of furan rings is 1. The number of hydrogen-bond acceptors (Lipinski definition) is 2. The van der Waals surface area contributed by atoms with Crippen molar-refractivity contribution in [2.24, 2.45) is 0 Å². The summed E-state index contributed by atoms with van der Waals surface area (Å²) in [5.41, 5.74) is 1.97. The molecule has 0 N–H and O–H groups in total. The van der Waals surface area contributed by atoms with E-state index in [1.807, 2.05) is 30.3 Å². The summed E-state index contributed by atoms with van der Waals surface area (Å²) in [5.74, 6) is 0.777. The minimum absolute atomic E-state index is 0.726. The van der Waals surface area contributed by atoms with Crippen molar-refractivity contribution in [1.82, 2.24) is 0 Å². The van der Waals surface area contributed by atoms with Gasteiger partial charge in [-0.25, -0.2) is 0 Å². The fraction of sp³-hybridized carbons (Fsp3) is 0.286. The van der Waals surface area contributed by atoms with E-state index in [-0.39, 0.29) is 0 Å². The lowest BCUT2D eigenvalue weighted by Gasteiger charge is -2.04. The van der Waals surface area contributed by atoms with Crippen LogP contribution < -0.4 is 4.74 Å². The second-order valence-electron chi connectivity index (χ2n) is 3.65. The van der Waals surface area contributed by atoms with Crippen LogP contribution in [-0.2, 0) is 0 Å². The molecule has 83 valence electrons. The van der Waals surface area contributed by atoms with Crippen LogP contribution in [-0.4, -0.2) is 6.61 Å². The molecule has 0 bridgehead atoms. The Morgan fingerprint density at radius 1 is 1.25 bits per heavy atom. The van der Waals surface area contributed by atoms with Gasteiger partial charge in [0.1, 0.15) is 6.26 Å². The Labute approximate surface area is 95.9 Å². The largest absolute Gasteiger partial charge is 0.490 e. The van der Waals surface area contributed by atoms with Gasteiger partial charge in [0.15, 0.2) is 12.0 Å². The number of hydrogen-bond donors (Lipinski definition) is 0. The molecule has 2 heteroatoms. The van der Waals surface area contributed by atoms with Gasteiger partial charge in [-0.2, -0.15) is 0 Å². The summed E-state index contributed by atoms with van der Waals surface area (Å²) >= 11 is 0. The second-order valence-corrected chi connectivity index (χ2v) is 3.65. The SMILES string of the molecule is CCCCOc1co[c]c1-c1ccccc1. The summed E-state index contributed by atoms with van der Waals surface area (Å²) in [5, 5.41) is 0. The quantitative estimate of drug-likeness (QED) is 0.705. The molecule has 2 aromatic rings. The Kier molecular flexibility index (Phi) is 3.65. The Balaban J connectivity index is 2.13. The van der Waals surface area contributed by atoms with Crippen molar-refractivity contribution < 1.29 is 9.15 Å². The average Bonchev–Trinajstić information content (AvgIpc) is 2.79. The third-order valence-electron chi connectivity index (χ3n) is 2.39. The smallest absolute Gasteiger partial charge is 0.181 e. The van der Waals surface area contributed by atoms with E-state index in [9.17, 15) is 0 Å². The van der Waals surface area contributed by atoms with Gasteiger partial charge in [0, 0.05) is 0 Å². The van der Waals surface area contributed by atoms with Crippen LogP contribution in [0.1, 0.15) is 19.8 Å². The number of rotatable bonds is 5. The van der Waals surface area contributed by atoms with E-state index in [1.165, 1.54) is 0 Å². The molecule has 1 heterocycles. The molecular weight excluding hydrogens is 200 g/mol. The summed E-state index contributed by atoms with van der Waals surface area (Å²) in [7, 11) is 0.